The fraction of sp³-hybridized carbons (Fsp3) is 0.158. The molecule has 0 aliphatic carbocycles. The molecule has 2 aromatic carbocycles. The molecular formula is C19H18N4O2. The number of benzene rings is 2. The molecule has 4 rings (SSSR count). The van der Waals surface area contributed by atoms with E-state index in [1.54, 1.807) is 0 Å². The average molecular weight is 334 g/mol. The molecule has 1 aliphatic rings. The molecule has 6 heteroatoms. The van der Waals surface area contributed by atoms with Gasteiger partial charge in [0, 0.05) is 23.5 Å². The van der Waals surface area contributed by atoms with Crippen molar-refractivity contribution in [1.82, 2.24) is 9.97 Å². The molecule has 0 saturated heterocycles. The molecule has 6 nitrogen and oxygen atoms in total. The van der Waals surface area contributed by atoms with Crippen LogP contribution in [0.1, 0.15) is 5.56 Å². The molecule has 1 aliphatic heterocycles. The standard InChI is InChI=1S/C19H18N4O2/c1-13-4-2-3-5-15(13)23-19-11-18(20-12-21-19)22-14-6-7-16-17(10-14)25-9-8-24-16/h2-7,10-12H,8-9H2,1H3,(H2,20,21,22,23). The molecule has 0 unspecified atom stereocenters. The Kier molecular flexibility index (Phi) is 4.08. The highest BCUT2D eigenvalue weighted by molar-refractivity contribution is 5.66. The van der Waals surface area contributed by atoms with E-state index < -0.39 is 0 Å². The molecule has 0 fully saturated rings. The zero-order valence-electron chi connectivity index (χ0n) is 13.8. The van der Waals surface area contributed by atoms with Crippen LogP contribution in [0.5, 0.6) is 11.5 Å². The Labute approximate surface area is 145 Å². The lowest BCUT2D eigenvalue weighted by Crippen LogP contribution is -2.15. The number of aromatic nitrogens is 2. The Morgan fingerprint density at radius 3 is 2.44 bits per heavy atom. The van der Waals surface area contributed by atoms with Crippen LogP contribution in [0.3, 0.4) is 0 Å². The zero-order chi connectivity index (χ0) is 17.1. The fourth-order valence-electron chi connectivity index (χ4n) is 2.61. The number of hydrogen-bond donors (Lipinski definition) is 2. The van der Waals surface area contributed by atoms with E-state index in [2.05, 4.69) is 33.6 Å². The first kappa shape index (κ1) is 15.3. The Hall–Kier alpha value is -3.28. The molecule has 0 atom stereocenters. The lowest BCUT2D eigenvalue weighted by atomic mass is 10.2. The topological polar surface area (TPSA) is 68.3 Å². The van der Waals surface area contributed by atoms with Crippen LogP contribution in [0.15, 0.2) is 54.9 Å². The van der Waals surface area contributed by atoms with Gasteiger partial charge in [-0.25, -0.2) is 9.97 Å². The molecule has 0 saturated carbocycles. The van der Waals surface area contributed by atoms with Gasteiger partial charge in [-0.15, -0.1) is 0 Å². The maximum absolute atomic E-state index is 5.61. The lowest BCUT2D eigenvalue weighted by Gasteiger charge is -2.19. The molecule has 25 heavy (non-hydrogen) atoms. The molecule has 1 aromatic heterocycles. The number of hydrogen-bond acceptors (Lipinski definition) is 6. The summed E-state index contributed by atoms with van der Waals surface area (Å²) in [6.07, 6.45) is 1.53. The summed E-state index contributed by atoms with van der Waals surface area (Å²) in [5.74, 6) is 2.93. The molecule has 0 amide bonds. The first-order valence-corrected chi connectivity index (χ1v) is 8.09. The van der Waals surface area contributed by atoms with Crippen molar-refractivity contribution in [1.29, 1.82) is 0 Å². The summed E-state index contributed by atoms with van der Waals surface area (Å²) in [6.45, 7) is 3.20. The van der Waals surface area contributed by atoms with Crippen LogP contribution in [0.2, 0.25) is 0 Å². The van der Waals surface area contributed by atoms with Crippen LogP contribution in [0, 0.1) is 6.92 Å². The summed E-state index contributed by atoms with van der Waals surface area (Å²) in [5, 5.41) is 6.58. The number of anilines is 4. The van der Waals surface area contributed by atoms with Gasteiger partial charge >= 0.3 is 0 Å². The second-order valence-electron chi connectivity index (χ2n) is 5.71. The SMILES string of the molecule is Cc1ccccc1Nc1cc(Nc2ccc3c(c2)OCCO3)ncn1. The van der Waals surface area contributed by atoms with E-state index >= 15 is 0 Å². The quantitative estimate of drug-likeness (QED) is 0.750. The van der Waals surface area contributed by atoms with Gasteiger partial charge in [-0.1, -0.05) is 18.2 Å². The molecule has 126 valence electrons. The Balaban J connectivity index is 1.53. The van der Waals surface area contributed by atoms with Crippen LogP contribution >= 0.6 is 0 Å². The highest BCUT2D eigenvalue weighted by Gasteiger charge is 2.12. The van der Waals surface area contributed by atoms with Gasteiger partial charge in [0.25, 0.3) is 0 Å². The summed E-state index contributed by atoms with van der Waals surface area (Å²) in [4.78, 5) is 8.56. The third-order valence-corrected chi connectivity index (χ3v) is 3.89. The van der Waals surface area contributed by atoms with Crippen molar-refractivity contribution >= 4 is 23.0 Å². The molecule has 3 aromatic rings. The van der Waals surface area contributed by atoms with E-state index in [-0.39, 0.29) is 0 Å². The summed E-state index contributed by atoms with van der Waals surface area (Å²) < 4.78 is 11.1. The van der Waals surface area contributed by atoms with Crippen LogP contribution in [-0.2, 0) is 0 Å². The summed E-state index contributed by atoms with van der Waals surface area (Å²) >= 11 is 0. The van der Waals surface area contributed by atoms with E-state index in [4.69, 9.17) is 9.47 Å². The number of aryl methyl sites for hydroxylation is 1. The smallest absolute Gasteiger partial charge is 0.163 e. The van der Waals surface area contributed by atoms with Crippen LogP contribution in [-0.4, -0.2) is 23.2 Å². The number of nitrogens with one attached hydrogen (secondary N) is 2. The lowest BCUT2D eigenvalue weighted by molar-refractivity contribution is 0.171. The van der Waals surface area contributed by atoms with Crippen molar-refractivity contribution in [3.8, 4) is 11.5 Å². The van der Waals surface area contributed by atoms with E-state index in [0.717, 1.165) is 34.3 Å². The van der Waals surface area contributed by atoms with Gasteiger partial charge < -0.3 is 20.1 Å². The average Bonchev–Trinajstić information content (AvgIpc) is 2.64. The van der Waals surface area contributed by atoms with E-state index in [1.807, 2.05) is 42.5 Å². The Bertz CT molecular complexity index is 898. The summed E-state index contributed by atoms with van der Waals surface area (Å²) in [6, 6.07) is 15.7. The first-order valence-electron chi connectivity index (χ1n) is 8.09. The maximum atomic E-state index is 5.61. The van der Waals surface area contributed by atoms with Gasteiger partial charge in [0.1, 0.15) is 31.2 Å². The van der Waals surface area contributed by atoms with Crippen LogP contribution in [0.4, 0.5) is 23.0 Å². The molecule has 2 N–H and O–H groups in total. The Morgan fingerprint density at radius 2 is 1.60 bits per heavy atom. The molecule has 2 heterocycles. The van der Waals surface area contributed by atoms with Crippen molar-refractivity contribution in [2.75, 3.05) is 23.8 Å². The summed E-state index contributed by atoms with van der Waals surface area (Å²) in [7, 11) is 0. The third kappa shape index (κ3) is 3.47. The van der Waals surface area contributed by atoms with Crippen molar-refractivity contribution in [3.05, 3.63) is 60.4 Å². The van der Waals surface area contributed by atoms with Crippen molar-refractivity contribution < 1.29 is 9.47 Å². The van der Waals surface area contributed by atoms with E-state index in [0.29, 0.717) is 19.0 Å². The second-order valence-corrected chi connectivity index (χ2v) is 5.71. The van der Waals surface area contributed by atoms with Gasteiger partial charge in [0.2, 0.25) is 0 Å². The van der Waals surface area contributed by atoms with Gasteiger partial charge in [-0.3, -0.25) is 0 Å². The normalized spacial score (nSPS) is 12.5. The molecular weight excluding hydrogens is 316 g/mol. The minimum atomic E-state index is 0.564. The second kappa shape index (κ2) is 6.68. The predicted molar refractivity (Wildman–Crippen MR) is 97.2 cm³/mol. The predicted octanol–water partition coefficient (Wildman–Crippen LogP) is 4.04. The maximum Gasteiger partial charge on any atom is 0.163 e. The number of ether oxygens (including phenoxy) is 2. The highest BCUT2D eigenvalue weighted by atomic mass is 16.6. The van der Waals surface area contributed by atoms with Crippen LogP contribution < -0.4 is 20.1 Å². The number of para-hydroxylation sites is 1. The van der Waals surface area contributed by atoms with Gasteiger partial charge in [-0.2, -0.15) is 0 Å². The first-order chi connectivity index (χ1) is 12.3. The third-order valence-electron chi connectivity index (χ3n) is 3.89. The minimum absolute atomic E-state index is 0.564. The van der Waals surface area contributed by atoms with Crippen molar-refractivity contribution in [2.45, 2.75) is 6.92 Å². The zero-order valence-corrected chi connectivity index (χ0v) is 13.8. The monoisotopic (exact) mass is 334 g/mol. The van der Waals surface area contributed by atoms with E-state index in [9.17, 15) is 0 Å². The number of nitrogens with zero attached hydrogens (tertiary/aromatic N) is 2. The van der Waals surface area contributed by atoms with Gasteiger partial charge in [0.05, 0.1) is 0 Å². The van der Waals surface area contributed by atoms with E-state index in [1.165, 1.54) is 6.33 Å². The Morgan fingerprint density at radius 1 is 0.840 bits per heavy atom. The van der Waals surface area contributed by atoms with Crippen molar-refractivity contribution in [2.24, 2.45) is 0 Å². The number of rotatable bonds is 4. The summed E-state index contributed by atoms with van der Waals surface area (Å²) in [5.41, 5.74) is 3.05. The molecule has 0 bridgehead atoms. The largest absolute Gasteiger partial charge is 0.486 e. The minimum Gasteiger partial charge on any atom is -0.486 e. The van der Waals surface area contributed by atoms with Gasteiger partial charge in [0.15, 0.2) is 11.5 Å². The molecule has 0 spiro atoms. The van der Waals surface area contributed by atoms with Crippen LogP contribution in [0.25, 0.3) is 0 Å². The molecule has 0 radical (unpaired) electrons. The number of fused-ring (bicyclic) bond motifs is 1. The van der Waals surface area contributed by atoms with Gasteiger partial charge in [-0.05, 0) is 30.7 Å². The fourth-order valence-corrected chi connectivity index (χ4v) is 2.61. The highest BCUT2D eigenvalue weighted by Crippen LogP contribution is 2.33. The van der Waals surface area contributed by atoms with Crippen molar-refractivity contribution in [3.63, 3.8) is 0 Å².